The molecule has 0 bridgehead atoms. The van der Waals surface area contributed by atoms with Crippen molar-refractivity contribution < 1.29 is 9.84 Å². The predicted octanol–water partition coefficient (Wildman–Crippen LogP) is 2.20. The summed E-state index contributed by atoms with van der Waals surface area (Å²) in [6, 6.07) is 5.92. The molecule has 1 aromatic carbocycles. The first kappa shape index (κ1) is 8.57. The van der Waals surface area contributed by atoms with E-state index in [4.69, 9.17) is 4.74 Å². The van der Waals surface area contributed by atoms with Crippen molar-refractivity contribution in [1.82, 2.24) is 0 Å². The summed E-state index contributed by atoms with van der Waals surface area (Å²) in [7, 11) is 0. The van der Waals surface area contributed by atoms with E-state index in [-0.39, 0.29) is 6.10 Å². The highest BCUT2D eigenvalue weighted by atomic mass is 16.5. The second kappa shape index (κ2) is 3.38. The Morgan fingerprint density at radius 2 is 2.31 bits per heavy atom. The number of para-hydroxylation sites is 1. The third-order valence-electron chi connectivity index (χ3n) is 2.47. The van der Waals surface area contributed by atoms with Crippen molar-refractivity contribution in [1.29, 1.82) is 0 Å². The van der Waals surface area contributed by atoms with Gasteiger partial charge < -0.3 is 9.84 Å². The summed E-state index contributed by atoms with van der Waals surface area (Å²) in [5.74, 6) is 0.882. The third-order valence-corrected chi connectivity index (χ3v) is 2.47. The Balaban J connectivity index is 2.47. The van der Waals surface area contributed by atoms with Crippen molar-refractivity contribution in [3.8, 4) is 5.75 Å². The lowest BCUT2D eigenvalue weighted by Gasteiger charge is -2.12. The van der Waals surface area contributed by atoms with E-state index in [2.05, 4.69) is 0 Å². The molecule has 0 saturated heterocycles. The molecule has 1 atom stereocenters. The maximum atomic E-state index is 9.79. The van der Waals surface area contributed by atoms with Crippen molar-refractivity contribution in [3.63, 3.8) is 0 Å². The van der Waals surface area contributed by atoms with Gasteiger partial charge in [0.05, 0.1) is 12.7 Å². The molecule has 0 saturated carbocycles. The minimum atomic E-state index is -0.350. The van der Waals surface area contributed by atoms with Crippen LogP contribution in [0.1, 0.15) is 30.1 Å². The van der Waals surface area contributed by atoms with Crippen molar-refractivity contribution >= 4 is 0 Å². The maximum absolute atomic E-state index is 9.79. The number of aliphatic hydroxyl groups excluding tert-OH is 1. The van der Waals surface area contributed by atoms with Gasteiger partial charge in [-0.15, -0.1) is 0 Å². The average molecular weight is 178 g/mol. The number of fused-ring (bicyclic) bond motifs is 1. The van der Waals surface area contributed by atoms with Gasteiger partial charge in [-0.05, 0) is 25.3 Å². The maximum Gasteiger partial charge on any atom is 0.127 e. The van der Waals surface area contributed by atoms with Gasteiger partial charge in [-0.25, -0.2) is 0 Å². The number of hydrogen-bond donors (Lipinski definition) is 1. The largest absolute Gasteiger partial charge is 0.493 e. The first-order valence-electron chi connectivity index (χ1n) is 4.69. The summed E-state index contributed by atoms with van der Waals surface area (Å²) in [6.45, 7) is 2.73. The quantitative estimate of drug-likeness (QED) is 0.660. The van der Waals surface area contributed by atoms with Gasteiger partial charge in [0.25, 0.3) is 0 Å². The molecular weight excluding hydrogens is 164 g/mol. The van der Waals surface area contributed by atoms with Gasteiger partial charge in [0.1, 0.15) is 5.75 Å². The van der Waals surface area contributed by atoms with Crippen LogP contribution in [0.4, 0.5) is 0 Å². The van der Waals surface area contributed by atoms with E-state index in [1.165, 1.54) is 0 Å². The normalized spacial score (nSPS) is 21.5. The Hall–Kier alpha value is -1.02. The first-order chi connectivity index (χ1) is 6.29. The van der Waals surface area contributed by atoms with Gasteiger partial charge in [-0.3, -0.25) is 0 Å². The SMILES string of the molecule is Cc1cccc2c1OCCCC2O. The van der Waals surface area contributed by atoms with E-state index < -0.39 is 0 Å². The Kier molecular flexibility index (Phi) is 2.23. The monoisotopic (exact) mass is 178 g/mol. The molecule has 1 aliphatic rings. The minimum Gasteiger partial charge on any atom is -0.493 e. The Morgan fingerprint density at radius 1 is 1.46 bits per heavy atom. The van der Waals surface area contributed by atoms with Crippen LogP contribution in [-0.2, 0) is 0 Å². The molecule has 0 amide bonds. The van der Waals surface area contributed by atoms with Crippen LogP contribution in [0.2, 0.25) is 0 Å². The molecule has 0 fully saturated rings. The molecule has 1 aliphatic heterocycles. The molecular formula is C11H14O2. The lowest BCUT2D eigenvalue weighted by molar-refractivity contribution is 0.167. The fourth-order valence-electron chi connectivity index (χ4n) is 1.74. The summed E-state index contributed by atoms with van der Waals surface area (Å²) in [5, 5.41) is 9.79. The number of aryl methyl sites for hydroxylation is 1. The molecule has 0 aromatic heterocycles. The molecule has 2 nitrogen and oxygen atoms in total. The second-order valence-electron chi connectivity index (χ2n) is 3.50. The van der Waals surface area contributed by atoms with Crippen LogP contribution in [0.3, 0.4) is 0 Å². The number of benzene rings is 1. The van der Waals surface area contributed by atoms with E-state index in [0.717, 1.165) is 36.3 Å². The van der Waals surface area contributed by atoms with E-state index >= 15 is 0 Å². The predicted molar refractivity (Wildman–Crippen MR) is 50.9 cm³/mol. The molecule has 70 valence electrons. The van der Waals surface area contributed by atoms with E-state index in [1.54, 1.807) is 0 Å². The van der Waals surface area contributed by atoms with E-state index in [0.29, 0.717) is 0 Å². The molecule has 2 heteroatoms. The highest BCUT2D eigenvalue weighted by Crippen LogP contribution is 2.33. The molecule has 0 spiro atoms. The molecule has 1 aromatic rings. The Morgan fingerprint density at radius 3 is 3.15 bits per heavy atom. The van der Waals surface area contributed by atoms with Gasteiger partial charge in [0.2, 0.25) is 0 Å². The lowest BCUT2D eigenvalue weighted by atomic mass is 10.0. The van der Waals surface area contributed by atoms with Crippen LogP contribution in [0.5, 0.6) is 5.75 Å². The van der Waals surface area contributed by atoms with Crippen LogP contribution in [0.15, 0.2) is 18.2 Å². The average Bonchev–Trinajstić information content (AvgIpc) is 2.30. The molecule has 13 heavy (non-hydrogen) atoms. The van der Waals surface area contributed by atoms with Crippen LogP contribution >= 0.6 is 0 Å². The molecule has 2 rings (SSSR count). The number of rotatable bonds is 0. The zero-order valence-electron chi connectivity index (χ0n) is 7.79. The van der Waals surface area contributed by atoms with Gasteiger partial charge >= 0.3 is 0 Å². The zero-order valence-corrected chi connectivity index (χ0v) is 7.79. The van der Waals surface area contributed by atoms with Crippen molar-refractivity contribution in [2.45, 2.75) is 25.9 Å². The third kappa shape index (κ3) is 1.54. The summed E-state index contributed by atoms with van der Waals surface area (Å²) in [6.07, 6.45) is 1.38. The summed E-state index contributed by atoms with van der Waals surface area (Å²) >= 11 is 0. The van der Waals surface area contributed by atoms with Crippen LogP contribution < -0.4 is 4.74 Å². The molecule has 1 heterocycles. The highest BCUT2D eigenvalue weighted by Gasteiger charge is 2.17. The molecule has 1 N–H and O–H groups in total. The summed E-state index contributed by atoms with van der Waals surface area (Å²) < 4.78 is 5.59. The first-order valence-corrected chi connectivity index (χ1v) is 4.69. The smallest absolute Gasteiger partial charge is 0.127 e. The topological polar surface area (TPSA) is 29.5 Å². The number of hydrogen-bond acceptors (Lipinski definition) is 2. The van der Waals surface area contributed by atoms with Gasteiger partial charge in [-0.1, -0.05) is 18.2 Å². The van der Waals surface area contributed by atoms with Crippen LogP contribution in [0.25, 0.3) is 0 Å². The van der Waals surface area contributed by atoms with Crippen LogP contribution in [0, 0.1) is 6.92 Å². The standard InChI is InChI=1S/C11H14O2/c1-8-4-2-5-9-10(12)6-3-7-13-11(8)9/h2,4-5,10,12H,3,6-7H2,1H3. The zero-order chi connectivity index (χ0) is 9.26. The van der Waals surface area contributed by atoms with Crippen molar-refractivity contribution in [3.05, 3.63) is 29.3 Å². The fraction of sp³-hybridized carbons (Fsp3) is 0.455. The number of aliphatic hydroxyl groups is 1. The van der Waals surface area contributed by atoms with E-state index in [1.807, 2.05) is 25.1 Å². The van der Waals surface area contributed by atoms with Crippen molar-refractivity contribution in [2.24, 2.45) is 0 Å². The Labute approximate surface area is 78.2 Å². The van der Waals surface area contributed by atoms with E-state index in [9.17, 15) is 5.11 Å². The number of ether oxygens (including phenoxy) is 1. The van der Waals surface area contributed by atoms with Gasteiger partial charge in [-0.2, -0.15) is 0 Å². The molecule has 1 unspecified atom stereocenters. The minimum absolute atomic E-state index is 0.350. The lowest BCUT2D eigenvalue weighted by Crippen LogP contribution is -1.97. The van der Waals surface area contributed by atoms with Gasteiger partial charge in [0.15, 0.2) is 0 Å². The summed E-state index contributed by atoms with van der Waals surface area (Å²) in [4.78, 5) is 0. The Bertz CT molecular complexity index is 307. The van der Waals surface area contributed by atoms with Gasteiger partial charge in [0, 0.05) is 5.56 Å². The highest BCUT2D eigenvalue weighted by molar-refractivity contribution is 5.42. The fourth-order valence-corrected chi connectivity index (χ4v) is 1.74. The molecule has 0 aliphatic carbocycles. The summed E-state index contributed by atoms with van der Waals surface area (Å²) in [5.41, 5.74) is 2.05. The van der Waals surface area contributed by atoms with Crippen molar-refractivity contribution in [2.75, 3.05) is 6.61 Å². The molecule has 0 radical (unpaired) electrons. The second-order valence-corrected chi connectivity index (χ2v) is 3.50. The van der Waals surface area contributed by atoms with Crippen LogP contribution in [-0.4, -0.2) is 11.7 Å².